The fourth-order valence-electron chi connectivity index (χ4n) is 1.83. The fourth-order valence-corrected chi connectivity index (χ4v) is 2.21. The first-order valence-corrected chi connectivity index (χ1v) is 6.18. The van der Waals surface area contributed by atoms with Gasteiger partial charge >= 0.3 is 0 Å². The molecule has 84 valence electrons. The first kappa shape index (κ1) is 11.0. The normalized spacial score (nSPS) is 17.5. The maximum Gasteiger partial charge on any atom is 0.206 e. The number of piperazine rings is 1. The largest absolute Gasteiger partial charge is 0.340 e. The van der Waals surface area contributed by atoms with Crippen molar-refractivity contribution in [3.8, 4) is 0 Å². The van der Waals surface area contributed by atoms with Gasteiger partial charge in [0.25, 0.3) is 0 Å². The second kappa shape index (κ2) is 4.53. The zero-order valence-corrected chi connectivity index (χ0v) is 10.8. The number of rotatable bonds is 2. The third kappa shape index (κ3) is 2.34. The summed E-state index contributed by atoms with van der Waals surface area (Å²) in [7, 11) is 0. The van der Waals surface area contributed by atoms with Crippen LogP contribution in [0.1, 0.15) is 19.9 Å². The quantitative estimate of drug-likeness (QED) is 0.889. The van der Waals surface area contributed by atoms with Crippen molar-refractivity contribution in [1.82, 2.24) is 14.9 Å². The van der Waals surface area contributed by atoms with E-state index in [-0.39, 0.29) is 0 Å². The van der Waals surface area contributed by atoms with E-state index in [1.165, 1.54) is 0 Å². The highest BCUT2D eigenvalue weighted by molar-refractivity contribution is 9.10. The highest BCUT2D eigenvalue weighted by atomic mass is 79.9. The number of halogens is 1. The molecule has 0 bridgehead atoms. The molecule has 0 aromatic carbocycles. The van der Waals surface area contributed by atoms with Gasteiger partial charge in [-0.25, -0.2) is 4.98 Å². The average molecular weight is 273 g/mol. The zero-order valence-electron chi connectivity index (χ0n) is 9.20. The highest BCUT2D eigenvalue weighted by Crippen LogP contribution is 2.22. The second-order valence-electron chi connectivity index (χ2n) is 4.10. The lowest BCUT2D eigenvalue weighted by atomic mass is 10.3. The van der Waals surface area contributed by atoms with Crippen LogP contribution in [-0.4, -0.2) is 35.7 Å². The third-order valence-corrected chi connectivity index (χ3v) is 3.02. The number of hydrogen-bond acceptors (Lipinski definition) is 3. The molecule has 1 aliphatic heterocycles. The van der Waals surface area contributed by atoms with Crippen molar-refractivity contribution >= 4 is 21.9 Å². The molecule has 0 saturated carbocycles. The molecule has 1 fully saturated rings. The molecular weight excluding hydrogens is 256 g/mol. The van der Waals surface area contributed by atoms with Gasteiger partial charge in [-0.2, -0.15) is 0 Å². The van der Waals surface area contributed by atoms with Crippen LogP contribution in [0.15, 0.2) is 10.8 Å². The molecule has 4 nitrogen and oxygen atoms in total. The second-order valence-corrected chi connectivity index (χ2v) is 4.91. The van der Waals surface area contributed by atoms with Crippen LogP contribution in [0.4, 0.5) is 5.95 Å². The van der Waals surface area contributed by atoms with Crippen LogP contribution >= 0.6 is 15.9 Å². The molecule has 0 spiro atoms. The lowest BCUT2D eigenvalue weighted by Gasteiger charge is -2.29. The Morgan fingerprint density at radius 3 is 2.67 bits per heavy atom. The Bertz CT molecular complexity index is 328. The molecule has 2 heterocycles. The molecule has 0 amide bonds. The SMILES string of the molecule is CC(C)n1cc(Br)nc1N1CCNCC1. The Balaban J connectivity index is 2.25. The topological polar surface area (TPSA) is 33.1 Å². The molecule has 1 aromatic rings. The number of anilines is 1. The first-order chi connectivity index (χ1) is 7.18. The van der Waals surface area contributed by atoms with Gasteiger partial charge in [0.1, 0.15) is 4.60 Å². The van der Waals surface area contributed by atoms with E-state index in [1.54, 1.807) is 0 Å². The lowest BCUT2D eigenvalue weighted by molar-refractivity contribution is 0.541. The van der Waals surface area contributed by atoms with Crippen molar-refractivity contribution < 1.29 is 0 Å². The van der Waals surface area contributed by atoms with Crippen molar-refractivity contribution in [1.29, 1.82) is 0 Å². The number of aromatic nitrogens is 2. The summed E-state index contributed by atoms with van der Waals surface area (Å²) in [6, 6.07) is 0.452. The van der Waals surface area contributed by atoms with Crippen molar-refractivity contribution in [2.24, 2.45) is 0 Å². The average Bonchev–Trinajstić information content (AvgIpc) is 2.62. The van der Waals surface area contributed by atoms with Crippen LogP contribution in [0.2, 0.25) is 0 Å². The molecule has 0 atom stereocenters. The summed E-state index contributed by atoms with van der Waals surface area (Å²) in [6.07, 6.45) is 2.06. The molecule has 0 unspecified atom stereocenters. The van der Waals surface area contributed by atoms with E-state index in [0.29, 0.717) is 6.04 Å². The Morgan fingerprint density at radius 2 is 2.07 bits per heavy atom. The Labute approximate surface area is 98.8 Å². The smallest absolute Gasteiger partial charge is 0.206 e. The van der Waals surface area contributed by atoms with E-state index in [1.807, 2.05) is 0 Å². The van der Waals surface area contributed by atoms with E-state index < -0.39 is 0 Å². The molecule has 0 aliphatic carbocycles. The monoisotopic (exact) mass is 272 g/mol. The maximum atomic E-state index is 4.53. The van der Waals surface area contributed by atoms with Gasteiger partial charge in [0.15, 0.2) is 0 Å². The summed E-state index contributed by atoms with van der Waals surface area (Å²) in [5, 5.41) is 3.35. The molecule has 0 radical (unpaired) electrons. The summed E-state index contributed by atoms with van der Waals surface area (Å²) < 4.78 is 3.14. The standard InChI is InChI=1S/C10H17BrN4/c1-8(2)15-7-9(11)13-10(15)14-5-3-12-4-6-14/h7-8,12H,3-6H2,1-2H3. The first-order valence-electron chi connectivity index (χ1n) is 5.38. The minimum Gasteiger partial charge on any atom is -0.340 e. The van der Waals surface area contributed by atoms with Crippen LogP contribution in [0.3, 0.4) is 0 Å². The summed E-state index contributed by atoms with van der Waals surface area (Å²) in [5.74, 6) is 1.08. The molecule has 1 aliphatic rings. The van der Waals surface area contributed by atoms with Gasteiger partial charge in [0.05, 0.1) is 0 Å². The van der Waals surface area contributed by atoms with Gasteiger partial charge < -0.3 is 14.8 Å². The Morgan fingerprint density at radius 1 is 1.40 bits per heavy atom. The van der Waals surface area contributed by atoms with Crippen LogP contribution in [0.5, 0.6) is 0 Å². The maximum absolute atomic E-state index is 4.53. The van der Waals surface area contributed by atoms with E-state index >= 15 is 0 Å². The number of nitrogens with zero attached hydrogens (tertiary/aromatic N) is 3. The molecular formula is C10H17BrN4. The van der Waals surface area contributed by atoms with E-state index in [4.69, 9.17) is 0 Å². The zero-order chi connectivity index (χ0) is 10.8. The minimum atomic E-state index is 0.452. The van der Waals surface area contributed by atoms with Crippen LogP contribution in [-0.2, 0) is 0 Å². The van der Waals surface area contributed by atoms with E-state index in [2.05, 4.69) is 55.7 Å². The van der Waals surface area contributed by atoms with Crippen LogP contribution in [0.25, 0.3) is 0 Å². The summed E-state index contributed by atoms with van der Waals surface area (Å²) in [5.41, 5.74) is 0. The van der Waals surface area contributed by atoms with Gasteiger partial charge in [-0.15, -0.1) is 0 Å². The van der Waals surface area contributed by atoms with Gasteiger partial charge in [0, 0.05) is 38.4 Å². The molecule has 15 heavy (non-hydrogen) atoms. The van der Waals surface area contributed by atoms with Gasteiger partial charge in [0.2, 0.25) is 5.95 Å². The predicted molar refractivity (Wildman–Crippen MR) is 65.4 cm³/mol. The molecule has 5 heteroatoms. The Kier molecular flexibility index (Phi) is 3.31. The van der Waals surface area contributed by atoms with Crippen molar-refractivity contribution in [3.63, 3.8) is 0 Å². The molecule has 1 saturated heterocycles. The van der Waals surface area contributed by atoms with Crippen molar-refractivity contribution in [2.45, 2.75) is 19.9 Å². The van der Waals surface area contributed by atoms with Crippen molar-refractivity contribution in [2.75, 3.05) is 31.1 Å². The minimum absolute atomic E-state index is 0.452. The molecule has 1 N–H and O–H groups in total. The van der Waals surface area contributed by atoms with Gasteiger partial charge in [-0.1, -0.05) is 0 Å². The Hall–Kier alpha value is -0.550. The number of hydrogen-bond donors (Lipinski definition) is 1. The van der Waals surface area contributed by atoms with Crippen molar-refractivity contribution in [3.05, 3.63) is 10.8 Å². The van der Waals surface area contributed by atoms with E-state index in [9.17, 15) is 0 Å². The third-order valence-electron chi connectivity index (χ3n) is 2.64. The predicted octanol–water partition coefficient (Wildman–Crippen LogP) is 1.64. The molecule has 2 rings (SSSR count). The fraction of sp³-hybridized carbons (Fsp3) is 0.700. The lowest BCUT2D eigenvalue weighted by Crippen LogP contribution is -2.44. The molecule has 1 aromatic heterocycles. The summed E-state index contributed by atoms with van der Waals surface area (Å²) in [6.45, 7) is 8.52. The van der Waals surface area contributed by atoms with Crippen LogP contribution < -0.4 is 10.2 Å². The van der Waals surface area contributed by atoms with Gasteiger partial charge in [-0.05, 0) is 29.8 Å². The summed E-state index contributed by atoms with van der Waals surface area (Å²) in [4.78, 5) is 6.87. The highest BCUT2D eigenvalue weighted by Gasteiger charge is 2.17. The van der Waals surface area contributed by atoms with Crippen LogP contribution in [0, 0.1) is 0 Å². The number of nitrogens with one attached hydrogen (secondary N) is 1. The summed E-state index contributed by atoms with van der Waals surface area (Å²) >= 11 is 3.44. The van der Waals surface area contributed by atoms with E-state index in [0.717, 1.165) is 36.7 Å². The van der Waals surface area contributed by atoms with Gasteiger partial charge in [-0.3, -0.25) is 0 Å². The number of imidazole rings is 1.